The molecule has 2 aliphatic rings. The number of ether oxygens (including phenoxy) is 2. The summed E-state index contributed by atoms with van der Waals surface area (Å²) in [5.74, 6) is -0.317. The normalized spacial score (nSPS) is 22.7. The molecule has 43 heavy (non-hydrogen) atoms. The van der Waals surface area contributed by atoms with Gasteiger partial charge in [-0.2, -0.15) is 0 Å². The van der Waals surface area contributed by atoms with Gasteiger partial charge in [0.05, 0.1) is 18.8 Å². The van der Waals surface area contributed by atoms with Crippen molar-refractivity contribution < 1.29 is 29.3 Å². The van der Waals surface area contributed by atoms with Gasteiger partial charge in [0, 0.05) is 75.1 Å². The lowest BCUT2D eigenvalue weighted by Crippen LogP contribution is -2.51. The van der Waals surface area contributed by atoms with Crippen LogP contribution in [0.25, 0.3) is 0 Å². The Morgan fingerprint density at radius 1 is 0.930 bits per heavy atom. The Hall–Kier alpha value is -3.90. The van der Waals surface area contributed by atoms with Gasteiger partial charge in [-0.15, -0.1) is 0 Å². The third-order valence-corrected chi connectivity index (χ3v) is 8.03. The molecule has 2 fully saturated rings. The number of aliphatic hydroxyl groups excluding tert-OH is 1. The average Bonchev–Trinajstić information content (AvgIpc) is 3.03. The van der Waals surface area contributed by atoms with Gasteiger partial charge in [-0.1, -0.05) is 43.3 Å². The number of carboxylic acids is 1. The van der Waals surface area contributed by atoms with Crippen LogP contribution in [0.15, 0.2) is 67.0 Å². The highest BCUT2D eigenvalue weighted by atomic mass is 16.7. The molecule has 0 aliphatic carbocycles. The van der Waals surface area contributed by atoms with Crippen molar-refractivity contribution in [3.05, 3.63) is 83.7 Å². The van der Waals surface area contributed by atoms with Gasteiger partial charge in [0.2, 0.25) is 11.9 Å². The number of carboxylic acid groups (broad SMARTS) is 1. The molecule has 5 rings (SSSR count). The number of carbonyl (C=O) groups is 2. The predicted molar refractivity (Wildman–Crippen MR) is 160 cm³/mol. The van der Waals surface area contributed by atoms with E-state index in [0.717, 1.165) is 55.4 Å². The Morgan fingerprint density at radius 2 is 1.60 bits per heavy atom. The van der Waals surface area contributed by atoms with E-state index in [0.29, 0.717) is 12.1 Å². The first-order valence-electron chi connectivity index (χ1n) is 14.8. The van der Waals surface area contributed by atoms with Gasteiger partial charge in [-0.05, 0) is 35.7 Å². The monoisotopic (exact) mass is 589 g/mol. The average molecular weight is 590 g/mol. The van der Waals surface area contributed by atoms with E-state index in [1.165, 1.54) is 0 Å². The van der Waals surface area contributed by atoms with Crippen LogP contribution in [0.3, 0.4) is 0 Å². The minimum Gasteiger partial charge on any atom is -0.481 e. The summed E-state index contributed by atoms with van der Waals surface area (Å²) in [6.45, 7) is 6.29. The lowest BCUT2D eigenvalue weighted by molar-refractivity contribution is -0.276. The predicted octanol–water partition coefficient (Wildman–Crippen LogP) is 3.78. The number of carbonyl (C=O) groups excluding carboxylic acids is 1. The van der Waals surface area contributed by atoms with Crippen LogP contribution < -0.4 is 10.2 Å². The third-order valence-electron chi connectivity index (χ3n) is 8.03. The van der Waals surface area contributed by atoms with E-state index in [-0.39, 0.29) is 43.5 Å². The molecule has 1 aromatic heterocycles. The molecular weight excluding hydrogens is 550 g/mol. The fourth-order valence-electron chi connectivity index (χ4n) is 5.51. The molecule has 3 heterocycles. The number of nitrogens with one attached hydrogen (secondary N) is 1. The van der Waals surface area contributed by atoms with Crippen LogP contribution in [-0.4, -0.2) is 75.8 Å². The summed E-state index contributed by atoms with van der Waals surface area (Å²) in [5.41, 5.74) is 3.33. The number of piperazine rings is 1. The Balaban J connectivity index is 1.27. The molecule has 0 bridgehead atoms. The molecular formula is C32H39N5O6. The Labute approximate surface area is 251 Å². The van der Waals surface area contributed by atoms with Crippen molar-refractivity contribution >= 4 is 23.5 Å². The van der Waals surface area contributed by atoms with Gasteiger partial charge in [0.1, 0.15) is 0 Å². The SMILES string of the molecule is C[C@@H]1[C@H](CN2CCN(c3ncccn3)CC2)O[C@H](c2ccc(NC(=O)CCCC(=O)O)cc2)O[C@@H]1c1ccc(CO)cc1. The zero-order valence-corrected chi connectivity index (χ0v) is 24.3. The topological polar surface area (TPSA) is 137 Å². The molecule has 228 valence electrons. The summed E-state index contributed by atoms with van der Waals surface area (Å²) in [6, 6.07) is 17.1. The summed E-state index contributed by atoms with van der Waals surface area (Å²) in [4.78, 5) is 36.3. The van der Waals surface area contributed by atoms with E-state index in [2.05, 4.69) is 32.0 Å². The van der Waals surface area contributed by atoms with E-state index >= 15 is 0 Å². The fraction of sp³-hybridized carbons (Fsp3) is 0.438. The van der Waals surface area contributed by atoms with Gasteiger partial charge in [-0.25, -0.2) is 9.97 Å². The Kier molecular flexibility index (Phi) is 10.3. The molecule has 0 spiro atoms. The van der Waals surface area contributed by atoms with E-state index in [1.54, 1.807) is 24.5 Å². The largest absolute Gasteiger partial charge is 0.481 e. The van der Waals surface area contributed by atoms with Crippen LogP contribution >= 0.6 is 0 Å². The molecule has 2 aromatic carbocycles. The van der Waals surface area contributed by atoms with Crippen LogP contribution in [0, 0.1) is 5.92 Å². The van der Waals surface area contributed by atoms with Gasteiger partial charge in [-0.3, -0.25) is 14.5 Å². The minimum absolute atomic E-state index is 0.0157. The molecule has 0 radical (unpaired) electrons. The second kappa shape index (κ2) is 14.5. The number of aliphatic carboxylic acids is 1. The van der Waals surface area contributed by atoms with Crippen molar-refractivity contribution in [3.63, 3.8) is 0 Å². The fourth-order valence-corrected chi connectivity index (χ4v) is 5.51. The molecule has 11 heteroatoms. The van der Waals surface area contributed by atoms with Crippen molar-refractivity contribution in [2.24, 2.45) is 5.92 Å². The van der Waals surface area contributed by atoms with Crippen LogP contribution in [-0.2, 0) is 25.7 Å². The van der Waals surface area contributed by atoms with Gasteiger partial charge >= 0.3 is 5.97 Å². The molecule has 3 N–H and O–H groups in total. The summed E-state index contributed by atoms with van der Waals surface area (Å²) in [5, 5.41) is 21.1. The lowest BCUT2D eigenvalue weighted by atomic mass is 9.90. The van der Waals surface area contributed by atoms with E-state index in [4.69, 9.17) is 14.6 Å². The summed E-state index contributed by atoms with van der Waals surface area (Å²) < 4.78 is 13.2. The number of aliphatic hydroxyl groups is 1. The van der Waals surface area contributed by atoms with Crippen LogP contribution in [0.5, 0.6) is 0 Å². The molecule has 0 unspecified atom stereocenters. The van der Waals surface area contributed by atoms with Crippen molar-refractivity contribution in [2.75, 3.05) is 42.9 Å². The van der Waals surface area contributed by atoms with Crippen molar-refractivity contribution in [1.82, 2.24) is 14.9 Å². The number of amides is 1. The summed E-state index contributed by atoms with van der Waals surface area (Å²) in [7, 11) is 0. The first-order valence-corrected chi connectivity index (χ1v) is 14.8. The quantitative estimate of drug-likeness (QED) is 0.303. The highest BCUT2D eigenvalue weighted by Crippen LogP contribution is 2.42. The number of benzene rings is 2. The second-order valence-corrected chi connectivity index (χ2v) is 11.1. The number of hydrogen-bond donors (Lipinski definition) is 3. The van der Waals surface area contributed by atoms with Gasteiger partial charge in [0.25, 0.3) is 0 Å². The Bertz CT molecular complexity index is 1330. The van der Waals surface area contributed by atoms with Gasteiger partial charge in [0.15, 0.2) is 6.29 Å². The van der Waals surface area contributed by atoms with Crippen molar-refractivity contribution in [2.45, 2.75) is 51.3 Å². The number of hydrogen-bond acceptors (Lipinski definition) is 9. The van der Waals surface area contributed by atoms with E-state index < -0.39 is 12.3 Å². The Morgan fingerprint density at radius 3 is 2.26 bits per heavy atom. The first-order chi connectivity index (χ1) is 20.9. The molecule has 3 aromatic rings. The molecule has 2 saturated heterocycles. The van der Waals surface area contributed by atoms with Crippen molar-refractivity contribution in [1.29, 1.82) is 0 Å². The number of nitrogens with zero attached hydrogens (tertiary/aromatic N) is 4. The van der Waals surface area contributed by atoms with E-state index in [1.807, 2.05) is 42.5 Å². The van der Waals surface area contributed by atoms with E-state index in [9.17, 15) is 14.7 Å². The maximum Gasteiger partial charge on any atom is 0.303 e. The highest BCUT2D eigenvalue weighted by Gasteiger charge is 2.39. The molecule has 0 saturated carbocycles. The smallest absolute Gasteiger partial charge is 0.303 e. The number of rotatable bonds is 11. The number of anilines is 2. The number of aromatic nitrogens is 2. The molecule has 2 aliphatic heterocycles. The van der Waals surface area contributed by atoms with Crippen molar-refractivity contribution in [3.8, 4) is 0 Å². The minimum atomic E-state index is -0.913. The summed E-state index contributed by atoms with van der Waals surface area (Å²) in [6.07, 6.45) is 3.00. The standard InChI is InChI=1S/C32H39N5O6/c1-22-27(20-36-16-18-37(19-17-36)32-33-14-3-15-34-32)42-31(43-30(22)24-8-6-23(21-38)7-9-24)25-10-12-26(13-11-25)35-28(39)4-2-5-29(40)41/h3,6-15,22,27,30-31,38H,2,4-5,16-21H2,1H3,(H,35,39)(H,40,41)/t22-,27+,30+,31+/m1/s1. The molecule has 11 nitrogen and oxygen atoms in total. The summed E-state index contributed by atoms with van der Waals surface area (Å²) >= 11 is 0. The molecule has 4 atom stereocenters. The maximum atomic E-state index is 12.2. The van der Waals surface area contributed by atoms with Crippen LogP contribution in [0.4, 0.5) is 11.6 Å². The zero-order valence-electron chi connectivity index (χ0n) is 24.3. The third kappa shape index (κ3) is 8.14. The molecule has 1 amide bonds. The highest BCUT2D eigenvalue weighted by molar-refractivity contribution is 5.90. The lowest BCUT2D eigenvalue weighted by Gasteiger charge is -2.44. The van der Waals surface area contributed by atoms with Crippen LogP contribution in [0.2, 0.25) is 0 Å². The zero-order chi connectivity index (χ0) is 30.2. The second-order valence-electron chi connectivity index (χ2n) is 11.1. The van der Waals surface area contributed by atoms with Gasteiger partial charge < -0.3 is 29.9 Å². The maximum absolute atomic E-state index is 12.2. The first kappa shape index (κ1) is 30.6. The van der Waals surface area contributed by atoms with Crippen LogP contribution in [0.1, 0.15) is 55.3 Å².